The SMILES string of the molecule is CCSC1(SCC)C[C@@H](C(=O)OC)N(C(=O)[C@@H](N)C(C)(C)C)C1. The van der Waals surface area contributed by atoms with Gasteiger partial charge in [-0.2, -0.15) is 0 Å². The van der Waals surface area contributed by atoms with Crippen molar-refractivity contribution in [2.45, 2.75) is 57.2 Å². The maximum absolute atomic E-state index is 12.9. The molecule has 0 saturated carbocycles. The quantitative estimate of drug-likeness (QED) is 0.577. The molecule has 1 rings (SSSR count). The number of thioether (sulfide) groups is 2. The van der Waals surface area contributed by atoms with Gasteiger partial charge in [0.25, 0.3) is 0 Å². The zero-order valence-corrected chi connectivity index (χ0v) is 16.7. The van der Waals surface area contributed by atoms with Crippen molar-refractivity contribution in [3.05, 3.63) is 0 Å². The Hall–Kier alpha value is -0.400. The number of likely N-dealkylation sites (tertiary alicyclic amines) is 1. The third-order valence-electron chi connectivity index (χ3n) is 4.06. The fourth-order valence-corrected chi connectivity index (χ4v) is 5.85. The monoisotopic (exact) mass is 362 g/mol. The number of hydrogen-bond acceptors (Lipinski definition) is 6. The van der Waals surface area contributed by atoms with Gasteiger partial charge in [-0.25, -0.2) is 4.79 Å². The lowest BCUT2D eigenvalue weighted by molar-refractivity contribution is -0.152. The van der Waals surface area contributed by atoms with Crippen LogP contribution in [0.4, 0.5) is 0 Å². The minimum atomic E-state index is -0.635. The second-order valence-electron chi connectivity index (χ2n) is 6.83. The number of hydrogen-bond donors (Lipinski definition) is 1. The molecule has 0 aromatic rings. The van der Waals surface area contributed by atoms with Crippen molar-refractivity contribution in [1.82, 2.24) is 4.90 Å². The molecule has 2 atom stereocenters. The van der Waals surface area contributed by atoms with Crippen LogP contribution in [-0.4, -0.2) is 58.1 Å². The molecule has 134 valence electrons. The van der Waals surface area contributed by atoms with E-state index in [0.717, 1.165) is 11.5 Å². The van der Waals surface area contributed by atoms with E-state index in [9.17, 15) is 9.59 Å². The van der Waals surface area contributed by atoms with Crippen molar-refractivity contribution < 1.29 is 14.3 Å². The Bertz CT molecular complexity index is 432. The van der Waals surface area contributed by atoms with E-state index in [1.807, 2.05) is 20.8 Å². The highest BCUT2D eigenvalue weighted by molar-refractivity contribution is 8.18. The predicted molar refractivity (Wildman–Crippen MR) is 98.6 cm³/mol. The highest BCUT2D eigenvalue weighted by Gasteiger charge is 2.51. The summed E-state index contributed by atoms with van der Waals surface area (Å²) in [5.74, 6) is 1.36. The lowest BCUT2D eigenvalue weighted by atomic mass is 9.86. The predicted octanol–water partition coefficient (Wildman–Crippen LogP) is 2.34. The van der Waals surface area contributed by atoms with E-state index in [1.54, 1.807) is 28.4 Å². The third-order valence-corrected chi connectivity index (χ3v) is 6.99. The molecule has 0 bridgehead atoms. The number of nitrogens with two attached hydrogens (primary N) is 1. The topological polar surface area (TPSA) is 72.6 Å². The third kappa shape index (κ3) is 4.79. The summed E-state index contributed by atoms with van der Waals surface area (Å²) in [7, 11) is 1.37. The standard InChI is InChI=1S/C16H30N2O3S2/c1-7-22-16(23-8-2)9-11(14(20)21-6)18(10-16)13(19)12(17)15(3,4)5/h11-12H,7-10,17H2,1-6H3/t11-,12+/m0/s1. The van der Waals surface area contributed by atoms with Gasteiger partial charge in [0.05, 0.1) is 17.2 Å². The summed E-state index contributed by atoms with van der Waals surface area (Å²) in [5.41, 5.74) is 5.81. The number of methoxy groups -OCH3 is 1. The first-order chi connectivity index (χ1) is 10.6. The molecule has 0 aromatic carbocycles. The van der Waals surface area contributed by atoms with E-state index in [-0.39, 0.29) is 21.4 Å². The van der Waals surface area contributed by atoms with Crippen LogP contribution in [0.1, 0.15) is 41.0 Å². The summed E-state index contributed by atoms with van der Waals surface area (Å²) >= 11 is 3.61. The van der Waals surface area contributed by atoms with Crippen molar-refractivity contribution >= 4 is 35.4 Å². The molecule has 0 spiro atoms. The Kier molecular flexibility index (Phi) is 7.29. The van der Waals surface area contributed by atoms with Gasteiger partial charge in [-0.05, 0) is 16.9 Å². The Morgan fingerprint density at radius 3 is 2.22 bits per heavy atom. The van der Waals surface area contributed by atoms with Crippen LogP contribution >= 0.6 is 23.5 Å². The maximum Gasteiger partial charge on any atom is 0.328 e. The number of nitrogens with zero attached hydrogens (tertiary/aromatic N) is 1. The number of carbonyl (C=O) groups excluding carboxylic acids is 2. The molecular formula is C16H30N2O3S2. The summed E-state index contributed by atoms with van der Waals surface area (Å²) in [6.07, 6.45) is 0.610. The van der Waals surface area contributed by atoms with Crippen LogP contribution in [0.2, 0.25) is 0 Å². The van der Waals surface area contributed by atoms with Gasteiger partial charge in [0.1, 0.15) is 6.04 Å². The minimum absolute atomic E-state index is 0.157. The lowest BCUT2D eigenvalue weighted by Crippen LogP contribution is -2.53. The molecule has 5 nitrogen and oxygen atoms in total. The molecule has 1 aliphatic heterocycles. The van der Waals surface area contributed by atoms with Gasteiger partial charge in [0, 0.05) is 13.0 Å². The van der Waals surface area contributed by atoms with Crippen molar-refractivity contribution in [3.8, 4) is 0 Å². The fraction of sp³-hybridized carbons (Fsp3) is 0.875. The molecule has 1 aliphatic rings. The molecule has 2 N–H and O–H groups in total. The highest BCUT2D eigenvalue weighted by Crippen LogP contribution is 2.47. The van der Waals surface area contributed by atoms with Gasteiger partial charge in [-0.15, -0.1) is 23.5 Å². The van der Waals surface area contributed by atoms with Crippen LogP contribution in [0.15, 0.2) is 0 Å². The van der Waals surface area contributed by atoms with Gasteiger partial charge >= 0.3 is 5.97 Å². The zero-order chi connectivity index (χ0) is 17.8. The van der Waals surface area contributed by atoms with Crippen molar-refractivity contribution in [2.75, 3.05) is 25.2 Å². The number of carbonyl (C=O) groups is 2. The second-order valence-corrected chi connectivity index (χ2v) is 10.4. The van der Waals surface area contributed by atoms with Gasteiger partial charge in [-0.1, -0.05) is 34.6 Å². The highest BCUT2D eigenvalue weighted by atomic mass is 32.2. The molecular weight excluding hydrogens is 332 g/mol. The summed E-state index contributed by atoms with van der Waals surface area (Å²) < 4.78 is 4.78. The van der Waals surface area contributed by atoms with E-state index in [2.05, 4.69) is 13.8 Å². The van der Waals surface area contributed by atoms with Crippen LogP contribution in [0.5, 0.6) is 0 Å². The molecule has 0 aromatic heterocycles. The second kappa shape index (κ2) is 8.12. The summed E-state index contributed by atoms with van der Waals surface area (Å²) in [5, 5.41) is 0. The molecule has 0 aliphatic carbocycles. The Morgan fingerprint density at radius 2 is 1.83 bits per heavy atom. The van der Waals surface area contributed by atoms with Crippen molar-refractivity contribution in [3.63, 3.8) is 0 Å². The van der Waals surface area contributed by atoms with Crippen LogP contribution in [0.3, 0.4) is 0 Å². The summed E-state index contributed by atoms with van der Waals surface area (Å²) in [6.45, 7) is 10.5. The lowest BCUT2D eigenvalue weighted by Gasteiger charge is -2.33. The van der Waals surface area contributed by atoms with Gasteiger partial charge in [0.2, 0.25) is 5.91 Å². The van der Waals surface area contributed by atoms with Crippen molar-refractivity contribution in [1.29, 1.82) is 0 Å². The molecule has 1 saturated heterocycles. The average Bonchev–Trinajstić information content (AvgIpc) is 2.84. The molecule has 1 amide bonds. The smallest absolute Gasteiger partial charge is 0.328 e. The van der Waals surface area contributed by atoms with Crippen LogP contribution in [0, 0.1) is 5.41 Å². The van der Waals surface area contributed by atoms with Gasteiger partial charge in [0.15, 0.2) is 0 Å². The molecule has 0 radical (unpaired) electrons. The van der Waals surface area contributed by atoms with E-state index in [1.165, 1.54) is 7.11 Å². The Labute approximate surface area is 148 Å². The molecule has 0 unspecified atom stereocenters. The van der Waals surface area contributed by atoms with Crippen LogP contribution in [0.25, 0.3) is 0 Å². The molecule has 1 fully saturated rings. The number of amides is 1. The zero-order valence-electron chi connectivity index (χ0n) is 15.0. The minimum Gasteiger partial charge on any atom is -0.467 e. The first-order valence-electron chi connectivity index (χ1n) is 8.03. The van der Waals surface area contributed by atoms with E-state index in [0.29, 0.717) is 13.0 Å². The van der Waals surface area contributed by atoms with Crippen LogP contribution < -0.4 is 5.73 Å². The Morgan fingerprint density at radius 1 is 1.30 bits per heavy atom. The van der Waals surface area contributed by atoms with Crippen LogP contribution in [-0.2, 0) is 14.3 Å². The number of esters is 1. The van der Waals surface area contributed by atoms with Gasteiger partial charge in [-0.3, -0.25) is 4.79 Å². The van der Waals surface area contributed by atoms with Crippen molar-refractivity contribution in [2.24, 2.45) is 11.1 Å². The number of ether oxygens (including phenoxy) is 1. The van der Waals surface area contributed by atoms with Gasteiger partial charge < -0.3 is 15.4 Å². The molecule has 7 heteroatoms. The summed E-state index contributed by atoms with van der Waals surface area (Å²) in [6, 6.07) is -1.18. The van der Waals surface area contributed by atoms with E-state index < -0.39 is 12.1 Å². The van der Waals surface area contributed by atoms with E-state index in [4.69, 9.17) is 10.5 Å². The van der Waals surface area contributed by atoms with E-state index >= 15 is 0 Å². The number of rotatable bonds is 6. The first-order valence-corrected chi connectivity index (χ1v) is 10.0. The fourth-order valence-electron chi connectivity index (χ4n) is 2.74. The largest absolute Gasteiger partial charge is 0.467 e. The first kappa shape index (κ1) is 20.6. The molecule has 23 heavy (non-hydrogen) atoms. The average molecular weight is 363 g/mol. The normalized spacial score (nSPS) is 22.0. The maximum atomic E-state index is 12.9. The Balaban J connectivity index is 3.10. The molecule has 1 heterocycles. The summed E-state index contributed by atoms with van der Waals surface area (Å²) in [4.78, 5) is 26.8.